The Morgan fingerprint density at radius 1 is 1.67 bits per heavy atom. The number of nitrogens with one attached hydrogen (secondary N) is 1. The molecule has 4 heteroatoms. The molecule has 48 valence electrons. The molecule has 0 bridgehead atoms. The van der Waals surface area contributed by atoms with Crippen LogP contribution in [0.4, 0.5) is 0 Å². The molecule has 0 aliphatic carbocycles. The van der Waals surface area contributed by atoms with Crippen LogP contribution in [0.2, 0.25) is 0 Å². The van der Waals surface area contributed by atoms with Crippen molar-refractivity contribution in [3.8, 4) is 5.75 Å². The first kappa shape index (κ1) is 5.84. The van der Waals surface area contributed by atoms with E-state index in [1.807, 2.05) is 0 Å². The highest BCUT2D eigenvalue weighted by atomic mass is 16.6. The van der Waals surface area contributed by atoms with Gasteiger partial charge in [-0.15, -0.1) is 0 Å². The van der Waals surface area contributed by atoms with Crippen molar-refractivity contribution in [1.82, 2.24) is 4.98 Å². The van der Waals surface area contributed by atoms with Crippen LogP contribution >= 0.6 is 0 Å². The number of hydrogen-bond donors (Lipinski definition) is 2. The summed E-state index contributed by atoms with van der Waals surface area (Å²) in [5.74, 6) is 4.85. The molecule has 0 aliphatic rings. The van der Waals surface area contributed by atoms with Gasteiger partial charge in [-0.1, -0.05) is 0 Å². The van der Waals surface area contributed by atoms with E-state index in [0.29, 0.717) is 0 Å². The van der Waals surface area contributed by atoms with Crippen LogP contribution in [0.5, 0.6) is 5.75 Å². The molecule has 0 saturated heterocycles. The molecule has 1 aromatic heterocycles. The van der Waals surface area contributed by atoms with Gasteiger partial charge in [0.15, 0.2) is 0 Å². The molecule has 0 fully saturated rings. The Labute approximate surface area is 51.2 Å². The Morgan fingerprint density at radius 2 is 2.44 bits per heavy atom. The van der Waals surface area contributed by atoms with Crippen LogP contribution in [0.3, 0.4) is 0 Å². The minimum Gasteiger partial charge on any atom is -0.406 e. The summed E-state index contributed by atoms with van der Waals surface area (Å²) in [4.78, 5) is 17.2. The summed E-state index contributed by atoms with van der Waals surface area (Å²) in [7, 11) is 0. The smallest absolute Gasteiger partial charge is 0.292 e. The molecule has 0 aliphatic heterocycles. The number of pyridine rings is 1. The topological polar surface area (TPSA) is 68.1 Å². The van der Waals surface area contributed by atoms with Crippen LogP contribution in [0, 0.1) is 0 Å². The SMILES string of the molecule is NOc1ccc[nH]c1=O. The normalized spacial score (nSPS) is 9.00. The van der Waals surface area contributed by atoms with Crippen molar-refractivity contribution >= 4 is 0 Å². The second-order valence-electron chi connectivity index (χ2n) is 1.48. The quantitative estimate of drug-likeness (QED) is 0.504. The van der Waals surface area contributed by atoms with E-state index in [1.54, 1.807) is 6.07 Å². The number of hydrogen-bond acceptors (Lipinski definition) is 3. The van der Waals surface area contributed by atoms with Gasteiger partial charge in [0.2, 0.25) is 5.75 Å². The van der Waals surface area contributed by atoms with E-state index >= 15 is 0 Å². The zero-order chi connectivity index (χ0) is 6.69. The molecule has 4 nitrogen and oxygen atoms in total. The van der Waals surface area contributed by atoms with Gasteiger partial charge in [0.25, 0.3) is 5.56 Å². The largest absolute Gasteiger partial charge is 0.406 e. The number of H-pyrrole nitrogens is 1. The van der Waals surface area contributed by atoms with Gasteiger partial charge in [-0.2, -0.15) is 5.90 Å². The van der Waals surface area contributed by atoms with Crippen molar-refractivity contribution < 1.29 is 4.84 Å². The first-order chi connectivity index (χ1) is 4.34. The van der Waals surface area contributed by atoms with E-state index in [-0.39, 0.29) is 11.3 Å². The zero-order valence-corrected chi connectivity index (χ0v) is 4.63. The van der Waals surface area contributed by atoms with E-state index in [0.717, 1.165) is 0 Å². The van der Waals surface area contributed by atoms with Crippen LogP contribution in [0.25, 0.3) is 0 Å². The molecular formula is C5H6N2O2. The van der Waals surface area contributed by atoms with Crippen molar-refractivity contribution in [2.24, 2.45) is 5.90 Å². The van der Waals surface area contributed by atoms with E-state index < -0.39 is 0 Å². The van der Waals surface area contributed by atoms with Crippen molar-refractivity contribution in [3.63, 3.8) is 0 Å². The second kappa shape index (κ2) is 2.32. The third kappa shape index (κ3) is 1.09. The summed E-state index contributed by atoms with van der Waals surface area (Å²) in [5.41, 5.74) is -0.319. The molecule has 1 rings (SSSR count). The number of nitrogens with two attached hydrogens (primary N) is 1. The maximum atomic E-state index is 10.6. The average molecular weight is 126 g/mol. The summed E-state index contributed by atoms with van der Waals surface area (Å²) in [6.45, 7) is 0. The van der Waals surface area contributed by atoms with E-state index in [2.05, 4.69) is 9.82 Å². The van der Waals surface area contributed by atoms with Crippen molar-refractivity contribution in [2.75, 3.05) is 0 Å². The summed E-state index contributed by atoms with van der Waals surface area (Å²) >= 11 is 0. The van der Waals surface area contributed by atoms with E-state index in [9.17, 15) is 4.79 Å². The van der Waals surface area contributed by atoms with Gasteiger partial charge in [-0.3, -0.25) is 4.79 Å². The third-order valence-corrected chi connectivity index (χ3v) is 0.909. The average Bonchev–Trinajstić information content (AvgIpc) is 1.89. The molecule has 0 atom stereocenters. The van der Waals surface area contributed by atoms with Crippen LogP contribution in [-0.2, 0) is 0 Å². The van der Waals surface area contributed by atoms with Gasteiger partial charge in [-0.05, 0) is 12.1 Å². The van der Waals surface area contributed by atoms with Crippen LogP contribution in [-0.4, -0.2) is 4.98 Å². The molecule has 1 aromatic rings. The Morgan fingerprint density at radius 3 is 2.89 bits per heavy atom. The van der Waals surface area contributed by atoms with E-state index in [4.69, 9.17) is 5.90 Å². The van der Waals surface area contributed by atoms with Crippen LogP contribution < -0.4 is 16.3 Å². The number of aromatic amines is 1. The standard InChI is InChI=1S/C5H6N2O2/c6-9-4-2-1-3-7-5(4)8/h1-3H,6H2,(H,7,8). The van der Waals surface area contributed by atoms with Crippen LogP contribution in [0.15, 0.2) is 23.1 Å². The monoisotopic (exact) mass is 126 g/mol. The Hall–Kier alpha value is -1.29. The molecule has 0 radical (unpaired) electrons. The van der Waals surface area contributed by atoms with Crippen molar-refractivity contribution in [3.05, 3.63) is 28.7 Å². The predicted octanol–water partition coefficient (Wildman–Crippen LogP) is -0.373. The lowest BCUT2D eigenvalue weighted by atomic mass is 10.5. The fraction of sp³-hybridized carbons (Fsp3) is 0. The number of aromatic nitrogens is 1. The minimum atomic E-state index is -0.319. The lowest BCUT2D eigenvalue weighted by molar-refractivity contribution is 0.329. The van der Waals surface area contributed by atoms with Crippen molar-refractivity contribution in [1.29, 1.82) is 0 Å². The highest BCUT2D eigenvalue weighted by molar-refractivity contribution is 5.14. The second-order valence-corrected chi connectivity index (χ2v) is 1.48. The summed E-state index contributed by atoms with van der Waals surface area (Å²) in [6.07, 6.45) is 1.50. The molecule has 0 aromatic carbocycles. The molecule has 1 heterocycles. The van der Waals surface area contributed by atoms with E-state index in [1.165, 1.54) is 12.3 Å². The molecule has 3 N–H and O–H groups in total. The third-order valence-electron chi connectivity index (χ3n) is 0.909. The number of rotatable bonds is 1. The summed E-state index contributed by atoms with van der Waals surface area (Å²) in [5, 5.41) is 0. The van der Waals surface area contributed by atoms with Gasteiger partial charge in [0.1, 0.15) is 0 Å². The maximum absolute atomic E-state index is 10.6. The van der Waals surface area contributed by atoms with Gasteiger partial charge in [-0.25, -0.2) is 0 Å². The lowest BCUT2D eigenvalue weighted by Crippen LogP contribution is -2.13. The zero-order valence-electron chi connectivity index (χ0n) is 4.63. The highest BCUT2D eigenvalue weighted by Crippen LogP contribution is 1.94. The Bertz CT molecular complexity index is 243. The Kier molecular flexibility index (Phi) is 1.51. The molecule has 0 amide bonds. The Balaban J connectivity index is 3.16. The fourth-order valence-corrected chi connectivity index (χ4v) is 0.499. The van der Waals surface area contributed by atoms with Gasteiger partial charge in [0.05, 0.1) is 0 Å². The molecule has 9 heavy (non-hydrogen) atoms. The molecule has 0 spiro atoms. The fourth-order valence-electron chi connectivity index (χ4n) is 0.499. The summed E-state index contributed by atoms with van der Waals surface area (Å²) in [6, 6.07) is 3.11. The predicted molar refractivity (Wildman–Crippen MR) is 31.9 cm³/mol. The van der Waals surface area contributed by atoms with Gasteiger partial charge in [0, 0.05) is 6.20 Å². The summed E-state index contributed by atoms with van der Waals surface area (Å²) < 4.78 is 0. The molecular weight excluding hydrogens is 120 g/mol. The lowest BCUT2D eigenvalue weighted by Gasteiger charge is -1.92. The van der Waals surface area contributed by atoms with Crippen LogP contribution in [0.1, 0.15) is 0 Å². The molecule has 0 unspecified atom stereocenters. The highest BCUT2D eigenvalue weighted by Gasteiger charge is 1.92. The maximum Gasteiger partial charge on any atom is 0.292 e. The van der Waals surface area contributed by atoms with Gasteiger partial charge >= 0.3 is 0 Å². The first-order valence-corrected chi connectivity index (χ1v) is 2.39. The first-order valence-electron chi connectivity index (χ1n) is 2.39. The minimum absolute atomic E-state index is 0.123. The van der Waals surface area contributed by atoms with Crippen molar-refractivity contribution in [2.45, 2.75) is 0 Å². The molecule has 0 saturated carbocycles. The van der Waals surface area contributed by atoms with Gasteiger partial charge < -0.3 is 9.82 Å².